The lowest BCUT2D eigenvalue weighted by atomic mass is 10.1. The summed E-state index contributed by atoms with van der Waals surface area (Å²) in [6.07, 6.45) is 5.85. The number of rotatable bonds is 5. The van der Waals surface area contributed by atoms with Crippen molar-refractivity contribution in [1.82, 2.24) is 20.1 Å². The van der Waals surface area contributed by atoms with E-state index in [1.54, 1.807) is 25.7 Å². The number of benzene rings is 1. The van der Waals surface area contributed by atoms with Crippen LogP contribution in [0.1, 0.15) is 17.1 Å². The van der Waals surface area contributed by atoms with Crippen molar-refractivity contribution in [1.29, 1.82) is 0 Å². The molecule has 0 unspecified atom stereocenters. The van der Waals surface area contributed by atoms with E-state index >= 15 is 0 Å². The van der Waals surface area contributed by atoms with E-state index in [0.717, 1.165) is 39.6 Å². The average Bonchev–Trinajstić information content (AvgIpc) is 3.04. The van der Waals surface area contributed by atoms with Crippen LogP contribution in [0, 0.1) is 6.92 Å². The number of methoxy groups -OCH3 is 1. The number of nitrogens with zero attached hydrogens (tertiary/aromatic N) is 4. The number of hydrogen-bond acceptors (Lipinski definition) is 7. The Kier molecular flexibility index (Phi) is 4.18. The lowest BCUT2D eigenvalue weighted by molar-refractivity contribution is 0.414. The fraction of sp³-hybridized carbons (Fsp3) is 0.158. The Balaban J connectivity index is 1.48. The first-order valence-electron chi connectivity index (χ1n) is 8.14. The molecule has 0 fully saturated rings. The third-order valence-corrected chi connectivity index (χ3v) is 4.00. The van der Waals surface area contributed by atoms with Crippen molar-refractivity contribution in [2.75, 3.05) is 12.4 Å². The summed E-state index contributed by atoms with van der Waals surface area (Å²) in [5, 5.41) is 8.03. The van der Waals surface area contributed by atoms with Crippen LogP contribution in [0.25, 0.3) is 11.1 Å². The maximum atomic E-state index is 5.24. The zero-order valence-electron chi connectivity index (χ0n) is 14.4. The van der Waals surface area contributed by atoms with Crippen LogP contribution < -0.4 is 10.1 Å². The molecule has 3 aromatic heterocycles. The summed E-state index contributed by atoms with van der Waals surface area (Å²) in [5.41, 5.74) is 4.05. The number of pyridine rings is 1. The Morgan fingerprint density at radius 1 is 1.04 bits per heavy atom. The van der Waals surface area contributed by atoms with Crippen molar-refractivity contribution in [3.05, 3.63) is 66.0 Å². The number of aromatic nitrogens is 4. The molecule has 26 heavy (non-hydrogen) atoms. The Labute approximate surface area is 150 Å². The molecular weight excluding hydrogens is 330 g/mol. The van der Waals surface area contributed by atoms with Crippen LogP contribution in [-0.4, -0.2) is 27.2 Å². The molecule has 1 N–H and O–H groups in total. The molecule has 130 valence electrons. The average molecular weight is 347 g/mol. The Morgan fingerprint density at radius 2 is 1.85 bits per heavy atom. The van der Waals surface area contributed by atoms with Gasteiger partial charge < -0.3 is 14.6 Å². The fourth-order valence-corrected chi connectivity index (χ4v) is 2.66. The topological polar surface area (TPSA) is 86.0 Å². The predicted molar refractivity (Wildman–Crippen MR) is 97.7 cm³/mol. The normalized spacial score (nSPS) is 10.8. The Morgan fingerprint density at radius 3 is 2.65 bits per heavy atom. The summed E-state index contributed by atoms with van der Waals surface area (Å²) in [6.45, 7) is 1.88. The highest BCUT2D eigenvalue weighted by atomic mass is 16.5. The van der Waals surface area contributed by atoms with Crippen LogP contribution >= 0.6 is 0 Å². The second-order valence-corrected chi connectivity index (χ2v) is 5.89. The molecule has 0 aliphatic rings. The molecule has 0 radical (unpaired) electrons. The van der Waals surface area contributed by atoms with E-state index in [4.69, 9.17) is 9.26 Å². The highest BCUT2D eigenvalue weighted by molar-refractivity contribution is 5.80. The van der Waals surface area contributed by atoms with Crippen LogP contribution in [0.2, 0.25) is 0 Å². The van der Waals surface area contributed by atoms with Gasteiger partial charge in [-0.3, -0.25) is 0 Å². The molecule has 0 amide bonds. The smallest absolute Gasteiger partial charge is 0.258 e. The number of ether oxygens (including phenoxy) is 1. The van der Waals surface area contributed by atoms with Gasteiger partial charge in [0, 0.05) is 6.42 Å². The minimum absolute atomic E-state index is 0.526. The molecule has 7 nitrogen and oxygen atoms in total. The van der Waals surface area contributed by atoms with Crippen molar-refractivity contribution in [3.8, 4) is 5.75 Å². The summed E-state index contributed by atoms with van der Waals surface area (Å²) in [6, 6.07) is 9.83. The lowest BCUT2D eigenvalue weighted by Gasteiger charge is -2.07. The minimum Gasteiger partial charge on any atom is -0.497 e. The van der Waals surface area contributed by atoms with Crippen molar-refractivity contribution < 1.29 is 9.26 Å². The van der Waals surface area contributed by atoms with E-state index in [1.165, 1.54) is 0 Å². The van der Waals surface area contributed by atoms with Gasteiger partial charge in [-0.05, 0) is 30.7 Å². The van der Waals surface area contributed by atoms with E-state index < -0.39 is 0 Å². The highest BCUT2D eigenvalue weighted by Crippen LogP contribution is 2.22. The number of aryl methyl sites for hydroxylation is 1. The van der Waals surface area contributed by atoms with Gasteiger partial charge in [-0.1, -0.05) is 17.3 Å². The summed E-state index contributed by atoms with van der Waals surface area (Å²) in [7, 11) is 1.66. The molecule has 7 heteroatoms. The molecule has 0 bridgehead atoms. The van der Waals surface area contributed by atoms with Gasteiger partial charge in [0.15, 0.2) is 0 Å². The van der Waals surface area contributed by atoms with Crippen molar-refractivity contribution >= 4 is 22.5 Å². The van der Waals surface area contributed by atoms with Gasteiger partial charge in [-0.25, -0.2) is 15.0 Å². The van der Waals surface area contributed by atoms with E-state index in [0.29, 0.717) is 12.1 Å². The molecule has 3 heterocycles. The highest BCUT2D eigenvalue weighted by Gasteiger charge is 2.07. The molecule has 0 aliphatic heterocycles. The van der Waals surface area contributed by atoms with Gasteiger partial charge in [0.25, 0.3) is 5.71 Å². The standard InChI is InChI=1S/C19H17N5O2/c1-12-17-8-14(9-22-19(17)26-24-12)23-15-10-20-18(21-11-15)7-13-4-3-5-16(6-13)25-2/h3-6,8-11,23H,7H2,1-2H3. The number of anilines is 2. The molecule has 4 aromatic rings. The van der Waals surface area contributed by atoms with E-state index in [1.807, 2.05) is 37.3 Å². The molecule has 0 saturated heterocycles. The van der Waals surface area contributed by atoms with Gasteiger partial charge >= 0.3 is 0 Å². The fourth-order valence-electron chi connectivity index (χ4n) is 2.66. The molecule has 4 rings (SSSR count). The number of nitrogens with one attached hydrogen (secondary N) is 1. The first-order chi connectivity index (χ1) is 12.7. The Bertz CT molecular complexity index is 1040. The second-order valence-electron chi connectivity index (χ2n) is 5.89. The van der Waals surface area contributed by atoms with E-state index in [9.17, 15) is 0 Å². The maximum Gasteiger partial charge on any atom is 0.258 e. The zero-order valence-corrected chi connectivity index (χ0v) is 14.4. The van der Waals surface area contributed by atoms with Crippen molar-refractivity contribution in [3.63, 3.8) is 0 Å². The largest absolute Gasteiger partial charge is 0.497 e. The first-order valence-corrected chi connectivity index (χ1v) is 8.14. The number of fused-ring (bicyclic) bond motifs is 1. The van der Waals surface area contributed by atoms with Crippen LogP contribution in [0.4, 0.5) is 11.4 Å². The molecule has 1 aromatic carbocycles. The van der Waals surface area contributed by atoms with Crippen LogP contribution in [0.5, 0.6) is 5.75 Å². The summed E-state index contributed by atoms with van der Waals surface area (Å²) in [4.78, 5) is 13.1. The van der Waals surface area contributed by atoms with Crippen molar-refractivity contribution in [2.45, 2.75) is 13.3 Å². The predicted octanol–water partition coefficient (Wildman–Crippen LogP) is 3.66. The quantitative estimate of drug-likeness (QED) is 0.589. The second kappa shape index (κ2) is 6.79. The van der Waals surface area contributed by atoms with Crippen LogP contribution in [0.3, 0.4) is 0 Å². The summed E-state index contributed by atoms with van der Waals surface area (Å²) >= 11 is 0. The van der Waals surface area contributed by atoms with E-state index in [-0.39, 0.29) is 0 Å². The minimum atomic E-state index is 0.526. The van der Waals surface area contributed by atoms with Gasteiger partial charge in [0.1, 0.15) is 11.6 Å². The van der Waals surface area contributed by atoms with Crippen molar-refractivity contribution in [2.24, 2.45) is 0 Å². The van der Waals surface area contributed by atoms with Gasteiger partial charge in [0.05, 0.1) is 48.2 Å². The number of hydrogen-bond donors (Lipinski definition) is 1. The van der Waals surface area contributed by atoms with Crippen LogP contribution in [-0.2, 0) is 6.42 Å². The summed E-state index contributed by atoms with van der Waals surface area (Å²) < 4.78 is 10.4. The van der Waals surface area contributed by atoms with Gasteiger partial charge in [-0.2, -0.15) is 0 Å². The molecule has 0 aliphatic carbocycles. The molecule has 0 spiro atoms. The third kappa shape index (κ3) is 3.32. The Hall–Kier alpha value is -3.48. The lowest BCUT2D eigenvalue weighted by Crippen LogP contribution is -1.99. The zero-order chi connectivity index (χ0) is 17.9. The van der Waals surface area contributed by atoms with Gasteiger partial charge in [-0.15, -0.1) is 0 Å². The van der Waals surface area contributed by atoms with Gasteiger partial charge in [0.2, 0.25) is 0 Å². The van der Waals surface area contributed by atoms with Crippen LogP contribution in [0.15, 0.2) is 53.4 Å². The third-order valence-electron chi connectivity index (χ3n) is 4.00. The maximum absolute atomic E-state index is 5.24. The van der Waals surface area contributed by atoms with E-state index in [2.05, 4.69) is 25.4 Å². The monoisotopic (exact) mass is 347 g/mol. The molecule has 0 atom stereocenters. The first kappa shape index (κ1) is 16.0. The SMILES string of the molecule is COc1cccc(Cc2ncc(Nc3cnc4onc(C)c4c3)cn2)c1. The summed E-state index contributed by atoms with van der Waals surface area (Å²) in [5.74, 6) is 1.57. The molecular formula is C19H17N5O2. The molecule has 0 saturated carbocycles.